The van der Waals surface area contributed by atoms with Crippen molar-refractivity contribution in [3.05, 3.63) is 36.0 Å². The van der Waals surface area contributed by atoms with Crippen molar-refractivity contribution in [2.75, 3.05) is 0 Å². The van der Waals surface area contributed by atoms with E-state index in [-0.39, 0.29) is 6.04 Å². The Morgan fingerprint density at radius 3 is 3.20 bits per heavy atom. The molecule has 102 valence electrons. The molecule has 0 radical (unpaired) electrons. The summed E-state index contributed by atoms with van der Waals surface area (Å²) in [4.78, 5) is 12.3. The molecule has 1 unspecified atom stereocenters. The Morgan fingerprint density at radius 1 is 1.40 bits per heavy atom. The Hall–Kier alpha value is -2.14. The summed E-state index contributed by atoms with van der Waals surface area (Å²) in [7, 11) is 0. The Kier molecular flexibility index (Phi) is 2.44. The van der Waals surface area contributed by atoms with Crippen LogP contribution in [0.1, 0.15) is 17.9 Å². The quantitative estimate of drug-likeness (QED) is 0.708. The number of rotatable bonds is 1. The number of hydrogen-bond donors (Lipinski definition) is 2. The minimum atomic E-state index is 0.246. The molecule has 0 saturated carbocycles. The SMILES string of the molecule is Cc1nc2ccc(-c3ncn4c3CC(N)CC4)cc2[nH]1. The van der Waals surface area contributed by atoms with Crippen LogP contribution in [-0.2, 0) is 13.0 Å². The Labute approximate surface area is 116 Å². The van der Waals surface area contributed by atoms with Gasteiger partial charge in [0.15, 0.2) is 0 Å². The lowest BCUT2D eigenvalue weighted by Crippen LogP contribution is -2.30. The molecule has 5 nitrogen and oxygen atoms in total. The van der Waals surface area contributed by atoms with Crippen molar-refractivity contribution in [1.82, 2.24) is 19.5 Å². The van der Waals surface area contributed by atoms with Gasteiger partial charge >= 0.3 is 0 Å². The summed E-state index contributed by atoms with van der Waals surface area (Å²) in [5.74, 6) is 0.936. The van der Waals surface area contributed by atoms with Gasteiger partial charge in [-0.1, -0.05) is 6.07 Å². The lowest BCUT2D eigenvalue weighted by Gasteiger charge is -2.21. The second kappa shape index (κ2) is 4.18. The van der Waals surface area contributed by atoms with Gasteiger partial charge in [-0.05, 0) is 25.5 Å². The Balaban J connectivity index is 1.84. The molecule has 20 heavy (non-hydrogen) atoms. The molecule has 1 aromatic carbocycles. The molecule has 1 aliphatic heterocycles. The molecule has 5 heteroatoms. The highest BCUT2D eigenvalue weighted by molar-refractivity contribution is 5.81. The van der Waals surface area contributed by atoms with E-state index < -0.39 is 0 Å². The van der Waals surface area contributed by atoms with Gasteiger partial charge in [-0.3, -0.25) is 0 Å². The van der Waals surface area contributed by atoms with Gasteiger partial charge in [0.25, 0.3) is 0 Å². The molecule has 3 heterocycles. The number of imidazole rings is 2. The van der Waals surface area contributed by atoms with Crippen LogP contribution in [0.5, 0.6) is 0 Å². The average Bonchev–Trinajstić information content (AvgIpc) is 2.99. The van der Waals surface area contributed by atoms with E-state index >= 15 is 0 Å². The molecule has 2 aromatic heterocycles. The first-order valence-electron chi connectivity index (χ1n) is 6.97. The molecule has 0 amide bonds. The topological polar surface area (TPSA) is 72.5 Å². The monoisotopic (exact) mass is 267 g/mol. The summed E-state index contributed by atoms with van der Waals surface area (Å²) >= 11 is 0. The van der Waals surface area contributed by atoms with Crippen LogP contribution in [0.2, 0.25) is 0 Å². The third-order valence-electron chi connectivity index (χ3n) is 4.02. The number of hydrogen-bond acceptors (Lipinski definition) is 3. The zero-order chi connectivity index (χ0) is 13.7. The van der Waals surface area contributed by atoms with Gasteiger partial charge < -0.3 is 15.3 Å². The average molecular weight is 267 g/mol. The summed E-state index contributed by atoms with van der Waals surface area (Å²) in [6.45, 7) is 2.94. The van der Waals surface area contributed by atoms with Crippen molar-refractivity contribution < 1.29 is 0 Å². The highest BCUT2D eigenvalue weighted by Gasteiger charge is 2.20. The maximum atomic E-state index is 6.09. The van der Waals surface area contributed by atoms with Crippen LogP contribution in [0.25, 0.3) is 22.3 Å². The normalized spacial score (nSPS) is 18.4. The van der Waals surface area contributed by atoms with Gasteiger partial charge in [0.2, 0.25) is 0 Å². The lowest BCUT2D eigenvalue weighted by molar-refractivity contribution is 0.472. The van der Waals surface area contributed by atoms with Crippen molar-refractivity contribution in [3.63, 3.8) is 0 Å². The fourth-order valence-corrected chi connectivity index (χ4v) is 3.00. The third-order valence-corrected chi connectivity index (χ3v) is 4.02. The van der Waals surface area contributed by atoms with E-state index in [0.717, 1.165) is 47.5 Å². The number of fused-ring (bicyclic) bond motifs is 2. The fraction of sp³-hybridized carbons (Fsp3) is 0.333. The van der Waals surface area contributed by atoms with Crippen LogP contribution in [0.4, 0.5) is 0 Å². The number of nitrogens with zero attached hydrogens (tertiary/aromatic N) is 3. The van der Waals surface area contributed by atoms with Gasteiger partial charge in [0, 0.05) is 30.3 Å². The van der Waals surface area contributed by atoms with Gasteiger partial charge in [-0.15, -0.1) is 0 Å². The summed E-state index contributed by atoms with van der Waals surface area (Å²) < 4.78 is 2.22. The Bertz CT molecular complexity index is 783. The van der Waals surface area contributed by atoms with E-state index in [9.17, 15) is 0 Å². The second-order valence-electron chi connectivity index (χ2n) is 5.54. The lowest BCUT2D eigenvalue weighted by atomic mass is 10.0. The van der Waals surface area contributed by atoms with Crippen molar-refractivity contribution >= 4 is 11.0 Å². The van der Waals surface area contributed by atoms with Gasteiger partial charge in [-0.25, -0.2) is 9.97 Å². The molecule has 1 atom stereocenters. The molecule has 0 fully saturated rings. The smallest absolute Gasteiger partial charge is 0.104 e. The standard InChI is InChI=1S/C15H17N5/c1-9-18-12-3-2-10(6-13(12)19-9)15-14-7-11(16)4-5-20(14)8-17-15/h2-3,6,8,11H,4-5,7,16H2,1H3,(H,18,19). The molecule has 3 aromatic rings. The Morgan fingerprint density at radius 2 is 2.30 bits per heavy atom. The molecule has 0 spiro atoms. The van der Waals surface area contributed by atoms with Crippen molar-refractivity contribution in [2.45, 2.75) is 32.4 Å². The van der Waals surface area contributed by atoms with E-state index in [1.54, 1.807) is 0 Å². The first-order valence-corrected chi connectivity index (χ1v) is 6.97. The zero-order valence-corrected chi connectivity index (χ0v) is 11.4. The maximum absolute atomic E-state index is 6.09. The predicted octanol–water partition coefficient (Wildman–Crippen LogP) is 2.01. The molecular weight excluding hydrogens is 250 g/mol. The number of nitrogens with one attached hydrogen (secondary N) is 1. The van der Waals surface area contributed by atoms with Gasteiger partial charge in [0.1, 0.15) is 5.82 Å². The van der Waals surface area contributed by atoms with Crippen LogP contribution < -0.4 is 5.73 Å². The zero-order valence-electron chi connectivity index (χ0n) is 11.4. The highest BCUT2D eigenvalue weighted by atomic mass is 15.1. The summed E-state index contributed by atoms with van der Waals surface area (Å²) in [5.41, 5.74) is 11.6. The number of aromatic amines is 1. The maximum Gasteiger partial charge on any atom is 0.104 e. The van der Waals surface area contributed by atoms with E-state index in [1.165, 1.54) is 5.69 Å². The van der Waals surface area contributed by atoms with Crippen LogP contribution >= 0.6 is 0 Å². The van der Waals surface area contributed by atoms with Gasteiger partial charge in [-0.2, -0.15) is 0 Å². The van der Waals surface area contributed by atoms with Crippen LogP contribution in [0.15, 0.2) is 24.5 Å². The highest BCUT2D eigenvalue weighted by Crippen LogP contribution is 2.28. The predicted molar refractivity (Wildman–Crippen MR) is 78.3 cm³/mol. The summed E-state index contributed by atoms with van der Waals surface area (Å²) in [5, 5.41) is 0. The fourth-order valence-electron chi connectivity index (χ4n) is 3.00. The van der Waals surface area contributed by atoms with Crippen LogP contribution in [0.3, 0.4) is 0 Å². The second-order valence-corrected chi connectivity index (χ2v) is 5.54. The minimum absolute atomic E-state index is 0.246. The molecule has 3 N–H and O–H groups in total. The molecule has 0 saturated heterocycles. The molecule has 4 rings (SSSR count). The summed E-state index contributed by atoms with van der Waals surface area (Å²) in [6.07, 6.45) is 3.86. The molecule has 0 bridgehead atoms. The van der Waals surface area contributed by atoms with Crippen molar-refractivity contribution in [2.24, 2.45) is 5.73 Å². The van der Waals surface area contributed by atoms with E-state index in [2.05, 4.69) is 31.7 Å². The number of aromatic nitrogens is 4. The van der Waals surface area contributed by atoms with Crippen LogP contribution in [0, 0.1) is 6.92 Å². The minimum Gasteiger partial charge on any atom is -0.342 e. The largest absolute Gasteiger partial charge is 0.342 e. The van der Waals surface area contributed by atoms with E-state index in [4.69, 9.17) is 5.73 Å². The molecule has 1 aliphatic rings. The third kappa shape index (κ3) is 1.74. The first-order chi connectivity index (χ1) is 9.70. The molecular formula is C15H17N5. The summed E-state index contributed by atoms with van der Waals surface area (Å²) in [6, 6.07) is 6.50. The number of nitrogens with two attached hydrogens (primary N) is 1. The number of H-pyrrole nitrogens is 1. The van der Waals surface area contributed by atoms with Crippen molar-refractivity contribution in [3.8, 4) is 11.3 Å². The van der Waals surface area contributed by atoms with Crippen molar-refractivity contribution in [1.29, 1.82) is 0 Å². The van der Waals surface area contributed by atoms with E-state index in [0.29, 0.717) is 0 Å². The van der Waals surface area contributed by atoms with E-state index in [1.807, 2.05) is 19.3 Å². The number of aryl methyl sites for hydroxylation is 2. The number of benzene rings is 1. The van der Waals surface area contributed by atoms with Crippen LogP contribution in [-0.4, -0.2) is 25.6 Å². The van der Waals surface area contributed by atoms with Gasteiger partial charge in [0.05, 0.1) is 23.1 Å². The first kappa shape index (κ1) is 11.7. The molecule has 0 aliphatic carbocycles.